The van der Waals surface area contributed by atoms with Crippen LogP contribution in [0.1, 0.15) is 37.8 Å². The largest absolute Gasteiger partial charge is 0.372 e. The van der Waals surface area contributed by atoms with Crippen LogP contribution in [0.5, 0.6) is 0 Å². The molecule has 0 aromatic heterocycles. The minimum atomic E-state index is 0.670. The summed E-state index contributed by atoms with van der Waals surface area (Å²) in [5, 5.41) is 3.39. The Morgan fingerprint density at radius 2 is 2.11 bits per heavy atom. The van der Waals surface area contributed by atoms with Gasteiger partial charge >= 0.3 is 0 Å². The van der Waals surface area contributed by atoms with Crippen LogP contribution >= 0.6 is 0 Å². The molecule has 2 heteroatoms. The molecule has 0 bridgehead atoms. The number of nitrogens with one attached hydrogen (secondary N) is 1. The van der Waals surface area contributed by atoms with Crippen molar-refractivity contribution in [1.29, 1.82) is 0 Å². The first-order valence-electron chi connectivity index (χ1n) is 7.16. The lowest BCUT2D eigenvalue weighted by Crippen LogP contribution is -2.30. The van der Waals surface area contributed by atoms with Crippen LogP contribution in [0.2, 0.25) is 0 Å². The van der Waals surface area contributed by atoms with Gasteiger partial charge in [-0.05, 0) is 62.4 Å². The zero-order chi connectivity index (χ0) is 13.1. The maximum absolute atomic E-state index is 3.39. The highest BCUT2D eigenvalue weighted by Gasteiger charge is 2.30. The van der Waals surface area contributed by atoms with Gasteiger partial charge in [-0.25, -0.2) is 0 Å². The average molecular weight is 246 g/mol. The van der Waals surface area contributed by atoms with Crippen molar-refractivity contribution in [2.75, 3.05) is 18.5 Å². The van der Waals surface area contributed by atoms with Crippen LogP contribution in [-0.4, -0.2) is 19.6 Å². The van der Waals surface area contributed by atoms with Gasteiger partial charge in [0.1, 0.15) is 0 Å². The Kier molecular flexibility index (Phi) is 4.28. The second-order valence-electron chi connectivity index (χ2n) is 5.58. The van der Waals surface area contributed by atoms with Crippen molar-refractivity contribution in [3.8, 4) is 0 Å². The smallest absolute Gasteiger partial charge is 0.0368 e. The molecule has 1 atom stereocenters. The SMILES string of the molecule is CCNCc1ccc(N(C)C(C)C2CC2)cc1C. The summed E-state index contributed by atoms with van der Waals surface area (Å²) >= 11 is 0. The van der Waals surface area contributed by atoms with Gasteiger partial charge in [0.2, 0.25) is 0 Å². The monoisotopic (exact) mass is 246 g/mol. The third kappa shape index (κ3) is 3.05. The maximum Gasteiger partial charge on any atom is 0.0368 e. The van der Waals surface area contributed by atoms with Crippen molar-refractivity contribution in [3.05, 3.63) is 29.3 Å². The molecular formula is C16H26N2. The standard InChI is InChI=1S/C16H26N2/c1-5-17-11-15-8-9-16(10-12(15)2)18(4)13(3)14-6-7-14/h8-10,13-14,17H,5-7,11H2,1-4H3. The summed E-state index contributed by atoms with van der Waals surface area (Å²) in [5.74, 6) is 0.914. The van der Waals surface area contributed by atoms with Crippen molar-refractivity contribution in [2.24, 2.45) is 5.92 Å². The fourth-order valence-corrected chi connectivity index (χ4v) is 2.49. The Labute approximate surface area is 111 Å². The van der Waals surface area contributed by atoms with Crippen LogP contribution in [0.15, 0.2) is 18.2 Å². The third-order valence-corrected chi connectivity index (χ3v) is 4.21. The summed E-state index contributed by atoms with van der Waals surface area (Å²) in [5.41, 5.74) is 4.16. The summed E-state index contributed by atoms with van der Waals surface area (Å²) < 4.78 is 0. The molecule has 1 aromatic rings. The first-order valence-corrected chi connectivity index (χ1v) is 7.16. The molecule has 1 aromatic carbocycles. The summed E-state index contributed by atoms with van der Waals surface area (Å²) in [6.45, 7) is 8.71. The van der Waals surface area contributed by atoms with Gasteiger partial charge in [-0.15, -0.1) is 0 Å². The molecule has 18 heavy (non-hydrogen) atoms. The normalized spacial score (nSPS) is 16.7. The molecule has 1 aliphatic carbocycles. The van der Waals surface area contributed by atoms with Gasteiger partial charge in [0, 0.05) is 25.3 Å². The van der Waals surface area contributed by atoms with E-state index in [1.807, 2.05) is 0 Å². The van der Waals surface area contributed by atoms with Gasteiger partial charge in [0.15, 0.2) is 0 Å². The highest BCUT2D eigenvalue weighted by molar-refractivity contribution is 5.51. The highest BCUT2D eigenvalue weighted by atomic mass is 15.1. The molecule has 0 heterocycles. The zero-order valence-corrected chi connectivity index (χ0v) is 12.2. The second kappa shape index (κ2) is 5.75. The van der Waals surface area contributed by atoms with E-state index in [4.69, 9.17) is 0 Å². The minimum absolute atomic E-state index is 0.670. The van der Waals surface area contributed by atoms with E-state index in [2.05, 4.69) is 56.2 Å². The predicted octanol–water partition coefficient (Wildman–Crippen LogP) is 3.34. The number of rotatable bonds is 6. The quantitative estimate of drug-likeness (QED) is 0.828. The number of hydrogen-bond donors (Lipinski definition) is 1. The van der Waals surface area contributed by atoms with Gasteiger partial charge in [0.05, 0.1) is 0 Å². The molecular weight excluding hydrogens is 220 g/mol. The van der Waals surface area contributed by atoms with Crippen molar-refractivity contribution in [1.82, 2.24) is 5.32 Å². The molecule has 0 radical (unpaired) electrons. The molecule has 0 aliphatic heterocycles. The molecule has 1 N–H and O–H groups in total. The number of anilines is 1. The Balaban J connectivity index is 2.07. The fraction of sp³-hybridized carbons (Fsp3) is 0.625. The number of aryl methyl sites for hydroxylation is 1. The van der Waals surface area contributed by atoms with E-state index in [0.717, 1.165) is 19.0 Å². The Hall–Kier alpha value is -1.02. The first kappa shape index (κ1) is 13.4. The number of benzene rings is 1. The van der Waals surface area contributed by atoms with E-state index in [-0.39, 0.29) is 0 Å². The molecule has 1 fully saturated rings. The molecule has 1 unspecified atom stereocenters. The van der Waals surface area contributed by atoms with Crippen LogP contribution in [0.4, 0.5) is 5.69 Å². The number of hydrogen-bond acceptors (Lipinski definition) is 2. The zero-order valence-electron chi connectivity index (χ0n) is 12.2. The lowest BCUT2D eigenvalue weighted by atomic mass is 10.1. The van der Waals surface area contributed by atoms with Gasteiger partial charge in [0.25, 0.3) is 0 Å². The van der Waals surface area contributed by atoms with Crippen LogP contribution in [-0.2, 0) is 6.54 Å². The van der Waals surface area contributed by atoms with Gasteiger partial charge in [-0.3, -0.25) is 0 Å². The Morgan fingerprint density at radius 1 is 1.39 bits per heavy atom. The number of nitrogens with zero attached hydrogens (tertiary/aromatic N) is 1. The van der Waals surface area contributed by atoms with E-state index in [1.54, 1.807) is 0 Å². The predicted molar refractivity (Wildman–Crippen MR) is 79.1 cm³/mol. The third-order valence-electron chi connectivity index (χ3n) is 4.21. The van der Waals surface area contributed by atoms with Crippen LogP contribution in [0.3, 0.4) is 0 Å². The molecule has 1 aliphatic rings. The Morgan fingerprint density at radius 3 is 2.67 bits per heavy atom. The summed E-state index contributed by atoms with van der Waals surface area (Å²) in [6, 6.07) is 7.53. The Bertz CT molecular complexity index is 396. The summed E-state index contributed by atoms with van der Waals surface area (Å²) in [6.07, 6.45) is 2.81. The highest BCUT2D eigenvalue weighted by Crippen LogP contribution is 2.36. The van der Waals surface area contributed by atoms with Crippen molar-refractivity contribution in [3.63, 3.8) is 0 Å². The van der Waals surface area contributed by atoms with Crippen LogP contribution in [0.25, 0.3) is 0 Å². The van der Waals surface area contributed by atoms with Crippen molar-refractivity contribution < 1.29 is 0 Å². The van der Waals surface area contributed by atoms with Crippen LogP contribution < -0.4 is 10.2 Å². The summed E-state index contributed by atoms with van der Waals surface area (Å²) in [4.78, 5) is 2.43. The van der Waals surface area contributed by atoms with Gasteiger partial charge in [-0.1, -0.05) is 13.0 Å². The molecule has 2 nitrogen and oxygen atoms in total. The molecule has 0 amide bonds. The van der Waals surface area contributed by atoms with Crippen molar-refractivity contribution in [2.45, 2.75) is 46.2 Å². The van der Waals surface area contributed by atoms with Gasteiger partial charge < -0.3 is 10.2 Å². The lowest BCUT2D eigenvalue weighted by molar-refractivity contribution is 0.609. The minimum Gasteiger partial charge on any atom is -0.372 e. The molecule has 0 spiro atoms. The topological polar surface area (TPSA) is 15.3 Å². The van der Waals surface area contributed by atoms with E-state index >= 15 is 0 Å². The average Bonchev–Trinajstić information content (AvgIpc) is 3.19. The molecule has 1 saturated carbocycles. The lowest BCUT2D eigenvalue weighted by Gasteiger charge is -2.27. The molecule has 0 saturated heterocycles. The van der Waals surface area contributed by atoms with Gasteiger partial charge in [-0.2, -0.15) is 0 Å². The van der Waals surface area contributed by atoms with E-state index < -0.39 is 0 Å². The molecule has 100 valence electrons. The van der Waals surface area contributed by atoms with E-state index in [1.165, 1.54) is 29.7 Å². The van der Waals surface area contributed by atoms with E-state index in [9.17, 15) is 0 Å². The van der Waals surface area contributed by atoms with E-state index in [0.29, 0.717) is 6.04 Å². The summed E-state index contributed by atoms with van der Waals surface area (Å²) in [7, 11) is 2.22. The first-order chi connectivity index (χ1) is 8.63. The van der Waals surface area contributed by atoms with Crippen molar-refractivity contribution >= 4 is 5.69 Å². The van der Waals surface area contributed by atoms with Crippen LogP contribution in [0, 0.1) is 12.8 Å². The maximum atomic E-state index is 3.39. The fourth-order valence-electron chi connectivity index (χ4n) is 2.49. The second-order valence-corrected chi connectivity index (χ2v) is 5.58. The molecule has 2 rings (SSSR count).